The monoisotopic (exact) mass is 272 g/mol. The van der Waals surface area contributed by atoms with Crippen LogP contribution in [0.2, 0.25) is 0 Å². The van der Waals surface area contributed by atoms with E-state index in [1.807, 2.05) is 25.1 Å². The molecule has 20 heavy (non-hydrogen) atoms. The van der Waals surface area contributed by atoms with Gasteiger partial charge in [-0.05, 0) is 36.8 Å². The smallest absolute Gasteiger partial charge is 0.165 e. The fraction of sp³-hybridized carbons (Fsp3) is 0.176. The zero-order valence-electron chi connectivity index (χ0n) is 11.4. The predicted molar refractivity (Wildman–Crippen MR) is 77.4 cm³/mol. The highest BCUT2D eigenvalue weighted by Crippen LogP contribution is 2.25. The lowest BCUT2D eigenvalue weighted by molar-refractivity contribution is 0.142. The van der Waals surface area contributed by atoms with Gasteiger partial charge in [-0.3, -0.25) is 0 Å². The molecule has 0 saturated heterocycles. The molecule has 2 nitrogen and oxygen atoms in total. The lowest BCUT2D eigenvalue weighted by atomic mass is 10.2. The molecule has 104 valence electrons. The van der Waals surface area contributed by atoms with Crippen molar-refractivity contribution in [3.63, 3.8) is 0 Å². The highest BCUT2D eigenvalue weighted by Gasteiger charge is 2.06. The number of rotatable bonds is 6. The van der Waals surface area contributed by atoms with Crippen LogP contribution in [0.15, 0.2) is 60.7 Å². The Morgan fingerprint density at radius 2 is 1.90 bits per heavy atom. The summed E-state index contributed by atoms with van der Waals surface area (Å²) in [6.07, 6.45) is 0. The molecule has 0 N–H and O–H groups in total. The third-order valence-corrected chi connectivity index (χ3v) is 2.58. The first kappa shape index (κ1) is 14.3. The van der Waals surface area contributed by atoms with Crippen molar-refractivity contribution in [2.24, 2.45) is 0 Å². The average molecular weight is 272 g/mol. The normalized spacial score (nSPS) is 10.3. The molecule has 0 heterocycles. The maximum Gasteiger partial charge on any atom is 0.165 e. The third kappa shape index (κ3) is 4.21. The third-order valence-electron chi connectivity index (χ3n) is 2.58. The maximum atomic E-state index is 13.7. The van der Waals surface area contributed by atoms with Crippen molar-refractivity contribution in [1.29, 1.82) is 0 Å². The number of halogens is 1. The van der Waals surface area contributed by atoms with Crippen molar-refractivity contribution in [1.82, 2.24) is 0 Å². The second-order valence-electron chi connectivity index (χ2n) is 4.63. The van der Waals surface area contributed by atoms with Crippen LogP contribution in [0.1, 0.15) is 12.5 Å². The first-order valence-corrected chi connectivity index (χ1v) is 6.38. The minimum Gasteiger partial charge on any atom is -0.454 e. The Hall–Kier alpha value is -2.13. The van der Waals surface area contributed by atoms with Crippen molar-refractivity contribution < 1.29 is 13.9 Å². The van der Waals surface area contributed by atoms with Gasteiger partial charge in [0.15, 0.2) is 11.6 Å². The second-order valence-corrected chi connectivity index (χ2v) is 4.63. The van der Waals surface area contributed by atoms with Gasteiger partial charge in [0.1, 0.15) is 5.75 Å². The lowest BCUT2D eigenvalue weighted by Crippen LogP contribution is -1.97. The molecule has 0 saturated carbocycles. The molecule has 3 heteroatoms. The molecule has 0 amide bonds. The molecule has 0 fully saturated rings. The molecule has 0 bridgehead atoms. The van der Waals surface area contributed by atoms with Gasteiger partial charge >= 0.3 is 0 Å². The van der Waals surface area contributed by atoms with E-state index in [0.29, 0.717) is 19.0 Å². The maximum absolute atomic E-state index is 13.7. The molecule has 0 aromatic heterocycles. The van der Waals surface area contributed by atoms with Gasteiger partial charge in [-0.15, -0.1) is 0 Å². The summed E-state index contributed by atoms with van der Waals surface area (Å²) in [6.45, 7) is 6.55. The number of hydrogen-bond donors (Lipinski definition) is 0. The van der Waals surface area contributed by atoms with Crippen molar-refractivity contribution in [3.05, 3.63) is 72.1 Å². The van der Waals surface area contributed by atoms with Crippen molar-refractivity contribution in [2.45, 2.75) is 13.5 Å². The highest BCUT2D eigenvalue weighted by molar-refractivity contribution is 5.35. The Balaban J connectivity index is 2.06. The molecule has 0 spiro atoms. The van der Waals surface area contributed by atoms with E-state index in [4.69, 9.17) is 9.47 Å². The summed E-state index contributed by atoms with van der Waals surface area (Å²) in [7, 11) is 0. The molecule has 0 unspecified atom stereocenters. The largest absolute Gasteiger partial charge is 0.454 e. The topological polar surface area (TPSA) is 18.5 Å². The van der Waals surface area contributed by atoms with Gasteiger partial charge < -0.3 is 9.47 Å². The quantitative estimate of drug-likeness (QED) is 0.709. The van der Waals surface area contributed by atoms with E-state index in [1.54, 1.807) is 24.3 Å². The van der Waals surface area contributed by atoms with E-state index >= 15 is 0 Å². The van der Waals surface area contributed by atoms with Crippen LogP contribution in [0.3, 0.4) is 0 Å². The van der Waals surface area contributed by atoms with Gasteiger partial charge in [-0.1, -0.05) is 36.4 Å². The van der Waals surface area contributed by atoms with Gasteiger partial charge in [0.2, 0.25) is 0 Å². The summed E-state index contributed by atoms with van der Waals surface area (Å²) in [5, 5.41) is 0. The molecule has 0 aliphatic carbocycles. The molecule has 0 atom stereocenters. The van der Waals surface area contributed by atoms with E-state index in [9.17, 15) is 4.39 Å². The molecule has 0 aliphatic rings. The van der Waals surface area contributed by atoms with Crippen LogP contribution in [0, 0.1) is 5.82 Å². The van der Waals surface area contributed by atoms with Gasteiger partial charge in [0, 0.05) is 0 Å². The number of hydrogen-bond acceptors (Lipinski definition) is 2. The Morgan fingerprint density at radius 3 is 2.60 bits per heavy atom. The minimum absolute atomic E-state index is 0.202. The fourth-order valence-electron chi connectivity index (χ4n) is 1.67. The zero-order chi connectivity index (χ0) is 14.4. The molecule has 0 aliphatic heterocycles. The number of benzene rings is 2. The summed E-state index contributed by atoms with van der Waals surface area (Å²) in [4.78, 5) is 0. The molecule has 0 radical (unpaired) electrons. The van der Waals surface area contributed by atoms with E-state index in [-0.39, 0.29) is 5.75 Å². The Labute approximate surface area is 118 Å². The van der Waals surface area contributed by atoms with E-state index < -0.39 is 5.82 Å². The van der Waals surface area contributed by atoms with Gasteiger partial charge in [0.05, 0.1) is 13.2 Å². The van der Waals surface area contributed by atoms with Crippen LogP contribution in [-0.4, -0.2) is 6.61 Å². The summed E-state index contributed by atoms with van der Waals surface area (Å²) in [6, 6.07) is 13.8. The van der Waals surface area contributed by atoms with Crippen LogP contribution in [0.25, 0.3) is 0 Å². The molecular formula is C17H17FO2. The van der Waals surface area contributed by atoms with Gasteiger partial charge in [0.25, 0.3) is 0 Å². The van der Waals surface area contributed by atoms with Crippen molar-refractivity contribution >= 4 is 0 Å². The van der Waals surface area contributed by atoms with Gasteiger partial charge in [-0.25, -0.2) is 4.39 Å². The molecule has 2 rings (SSSR count). The summed E-state index contributed by atoms with van der Waals surface area (Å²) >= 11 is 0. The molecule has 2 aromatic rings. The molecular weight excluding hydrogens is 255 g/mol. The first-order chi connectivity index (χ1) is 9.65. The standard InChI is InChI=1S/C17H17FO2/c1-13(2)11-19-12-14-8-9-16(18)17(10-14)20-15-6-4-3-5-7-15/h3-10H,1,11-12H2,2H3. The Bertz CT molecular complexity index is 579. The second kappa shape index (κ2) is 6.87. The van der Waals surface area contributed by atoms with E-state index in [0.717, 1.165) is 11.1 Å². The summed E-state index contributed by atoms with van der Waals surface area (Å²) < 4.78 is 24.7. The fourth-order valence-corrected chi connectivity index (χ4v) is 1.67. The number of para-hydroxylation sites is 1. The zero-order valence-corrected chi connectivity index (χ0v) is 11.4. The van der Waals surface area contributed by atoms with Crippen molar-refractivity contribution in [2.75, 3.05) is 6.61 Å². The molecule has 2 aromatic carbocycles. The van der Waals surface area contributed by atoms with Crippen LogP contribution < -0.4 is 4.74 Å². The highest BCUT2D eigenvalue weighted by atomic mass is 19.1. The minimum atomic E-state index is -0.391. The van der Waals surface area contributed by atoms with Crippen LogP contribution in [0.5, 0.6) is 11.5 Å². The summed E-state index contributed by atoms with van der Waals surface area (Å²) in [5.41, 5.74) is 1.81. The van der Waals surface area contributed by atoms with E-state index in [1.165, 1.54) is 6.07 Å². The van der Waals surface area contributed by atoms with Crippen LogP contribution in [0.4, 0.5) is 4.39 Å². The van der Waals surface area contributed by atoms with Crippen LogP contribution in [-0.2, 0) is 11.3 Å². The predicted octanol–water partition coefficient (Wildman–Crippen LogP) is 4.71. The average Bonchev–Trinajstić information content (AvgIpc) is 2.43. The van der Waals surface area contributed by atoms with Crippen LogP contribution >= 0.6 is 0 Å². The Kier molecular flexibility index (Phi) is 4.91. The van der Waals surface area contributed by atoms with Crippen molar-refractivity contribution in [3.8, 4) is 11.5 Å². The van der Waals surface area contributed by atoms with E-state index in [2.05, 4.69) is 6.58 Å². The van der Waals surface area contributed by atoms with Gasteiger partial charge in [-0.2, -0.15) is 0 Å². The number of ether oxygens (including phenoxy) is 2. The Morgan fingerprint density at radius 1 is 1.15 bits per heavy atom. The SMILES string of the molecule is C=C(C)COCc1ccc(F)c(Oc2ccccc2)c1. The first-order valence-electron chi connectivity index (χ1n) is 6.38. The summed E-state index contributed by atoms with van der Waals surface area (Å²) in [5.74, 6) is 0.413. The lowest BCUT2D eigenvalue weighted by Gasteiger charge is -2.09.